The van der Waals surface area contributed by atoms with E-state index in [0.717, 1.165) is 11.3 Å². The van der Waals surface area contributed by atoms with Gasteiger partial charge in [0.05, 0.1) is 11.9 Å². The van der Waals surface area contributed by atoms with Crippen LogP contribution in [0.1, 0.15) is 44.1 Å². The van der Waals surface area contributed by atoms with E-state index >= 15 is 0 Å². The molecule has 1 aliphatic rings. The molecule has 1 fully saturated rings. The fraction of sp³-hybridized carbons (Fsp3) is 0.429. The van der Waals surface area contributed by atoms with Gasteiger partial charge >= 0.3 is 0 Å². The van der Waals surface area contributed by atoms with E-state index in [-0.39, 0.29) is 12.5 Å². The zero-order valence-corrected chi connectivity index (χ0v) is 15.3. The van der Waals surface area contributed by atoms with Crippen molar-refractivity contribution in [2.75, 3.05) is 17.2 Å². The third kappa shape index (κ3) is 5.76. The average molecular weight is 353 g/mol. The summed E-state index contributed by atoms with van der Waals surface area (Å²) in [6.45, 7) is 1.98. The van der Waals surface area contributed by atoms with Gasteiger partial charge in [-0.05, 0) is 44.0 Å². The molecular weight excluding hydrogens is 326 g/mol. The predicted octanol–water partition coefficient (Wildman–Crippen LogP) is 4.54. The van der Waals surface area contributed by atoms with Crippen LogP contribution in [0.4, 0.5) is 11.5 Å². The van der Waals surface area contributed by atoms with Crippen molar-refractivity contribution in [2.24, 2.45) is 0 Å². The number of hydrogen-bond donors (Lipinski definition) is 2. The van der Waals surface area contributed by atoms with Gasteiger partial charge in [0.2, 0.25) is 0 Å². The standard InChI is InChI=1S/C21H27N3O2/c1-16-8-11-19(12-9-16)26-15-21(25)24-20-13-10-18(14-22-20)23-17-6-4-2-3-5-7-17/h8-14,17,23H,2-7,15H2,1H3,(H,22,24,25). The van der Waals surface area contributed by atoms with E-state index in [9.17, 15) is 4.79 Å². The fourth-order valence-electron chi connectivity index (χ4n) is 3.17. The molecule has 138 valence electrons. The van der Waals surface area contributed by atoms with Crippen LogP contribution in [0, 0.1) is 6.92 Å². The Morgan fingerprint density at radius 1 is 1.08 bits per heavy atom. The highest BCUT2D eigenvalue weighted by molar-refractivity contribution is 5.91. The number of anilines is 2. The van der Waals surface area contributed by atoms with Crippen LogP contribution in [0.3, 0.4) is 0 Å². The number of amides is 1. The van der Waals surface area contributed by atoms with Crippen LogP contribution >= 0.6 is 0 Å². The molecule has 0 atom stereocenters. The molecule has 26 heavy (non-hydrogen) atoms. The van der Waals surface area contributed by atoms with Crippen molar-refractivity contribution in [3.63, 3.8) is 0 Å². The molecule has 3 rings (SSSR count). The second-order valence-electron chi connectivity index (χ2n) is 6.91. The summed E-state index contributed by atoms with van der Waals surface area (Å²) in [4.78, 5) is 16.3. The second-order valence-corrected chi connectivity index (χ2v) is 6.91. The number of pyridine rings is 1. The molecule has 0 saturated heterocycles. The smallest absolute Gasteiger partial charge is 0.263 e. The Kier molecular flexibility index (Phi) is 6.47. The highest BCUT2D eigenvalue weighted by Gasteiger charge is 2.12. The van der Waals surface area contributed by atoms with Gasteiger partial charge in [0.25, 0.3) is 5.91 Å². The molecular formula is C21H27N3O2. The van der Waals surface area contributed by atoms with Crippen LogP contribution in [-0.2, 0) is 4.79 Å². The number of nitrogens with zero attached hydrogens (tertiary/aromatic N) is 1. The number of benzene rings is 1. The van der Waals surface area contributed by atoms with Crippen molar-refractivity contribution in [2.45, 2.75) is 51.5 Å². The number of nitrogens with one attached hydrogen (secondary N) is 2. The van der Waals surface area contributed by atoms with Crippen LogP contribution < -0.4 is 15.4 Å². The van der Waals surface area contributed by atoms with Gasteiger partial charge in [-0.25, -0.2) is 4.98 Å². The first kappa shape index (κ1) is 18.2. The normalized spacial score (nSPS) is 15.1. The largest absolute Gasteiger partial charge is 0.484 e. The summed E-state index contributed by atoms with van der Waals surface area (Å²) >= 11 is 0. The molecule has 0 radical (unpaired) electrons. The van der Waals surface area contributed by atoms with Gasteiger partial charge in [-0.15, -0.1) is 0 Å². The monoisotopic (exact) mass is 353 g/mol. The van der Waals surface area contributed by atoms with Gasteiger partial charge in [0.15, 0.2) is 6.61 Å². The lowest BCUT2D eigenvalue weighted by Gasteiger charge is -2.17. The molecule has 1 aromatic carbocycles. The fourth-order valence-corrected chi connectivity index (χ4v) is 3.17. The summed E-state index contributed by atoms with van der Waals surface area (Å²) in [6.07, 6.45) is 9.48. The Morgan fingerprint density at radius 3 is 2.46 bits per heavy atom. The van der Waals surface area contributed by atoms with E-state index in [1.54, 1.807) is 6.20 Å². The molecule has 0 aliphatic heterocycles. The quantitative estimate of drug-likeness (QED) is 0.748. The number of ether oxygens (including phenoxy) is 1. The Balaban J connectivity index is 1.45. The molecule has 0 bridgehead atoms. The van der Waals surface area contributed by atoms with Crippen molar-refractivity contribution in [1.82, 2.24) is 4.98 Å². The Labute approximate surface area is 155 Å². The molecule has 5 nitrogen and oxygen atoms in total. The lowest BCUT2D eigenvalue weighted by molar-refractivity contribution is -0.118. The van der Waals surface area contributed by atoms with E-state index in [1.165, 1.54) is 38.5 Å². The van der Waals surface area contributed by atoms with Gasteiger partial charge in [-0.1, -0.05) is 43.4 Å². The maximum atomic E-state index is 12.0. The molecule has 0 unspecified atom stereocenters. The van der Waals surface area contributed by atoms with Gasteiger partial charge in [0, 0.05) is 6.04 Å². The summed E-state index contributed by atoms with van der Waals surface area (Å²) in [6, 6.07) is 11.9. The zero-order chi connectivity index (χ0) is 18.2. The second kappa shape index (κ2) is 9.22. The molecule has 2 aromatic rings. The van der Waals surface area contributed by atoms with Crippen LogP contribution in [0.15, 0.2) is 42.6 Å². The maximum absolute atomic E-state index is 12.0. The first-order valence-corrected chi connectivity index (χ1v) is 9.41. The zero-order valence-electron chi connectivity index (χ0n) is 15.3. The van der Waals surface area contributed by atoms with Crippen molar-refractivity contribution in [3.8, 4) is 5.75 Å². The minimum absolute atomic E-state index is 0.0349. The molecule has 5 heteroatoms. The summed E-state index contributed by atoms with van der Waals surface area (Å²) in [5.41, 5.74) is 2.16. The molecule has 1 amide bonds. The Morgan fingerprint density at radius 2 is 1.81 bits per heavy atom. The summed E-state index contributed by atoms with van der Waals surface area (Å²) < 4.78 is 5.48. The molecule has 1 aromatic heterocycles. The predicted molar refractivity (Wildman–Crippen MR) is 105 cm³/mol. The molecule has 1 heterocycles. The molecule has 2 N–H and O–H groups in total. The van der Waals surface area contributed by atoms with E-state index in [0.29, 0.717) is 17.6 Å². The molecule has 1 saturated carbocycles. The highest BCUT2D eigenvalue weighted by atomic mass is 16.5. The summed E-state index contributed by atoms with van der Waals surface area (Å²) in [7, 11) is 0. The lowest BCUT2D eigenvalue weighted by atomic mass is 10.1. The first-order chi connectivity index (χ1) is 12.7. The van der Waals surface area contributed by atoms with Crippen LogP contribution in [0.25, 0.3) is 0 Å². The maximum Gasteiger partial charge on any atom is 0.263 e. The van der Waals surface area contributed by atoms with Crippen molar-refractivity contribution in [3.05, 3.63) is 48.2 Å². The Hall–Kier alpha value is -2.56. The number of hydrogen-bond acceptors (Lipinski definition) is 4. The number of rotatable bonds is 6. The molecule has 0 spiro atoms. The van der Waals surface area contributed by atoms with E-state index < -0.39 is 0 Å². The number of aryl methyl sites for hydroxylation is 1. The van der Waals surface area contributed by atoms with Crippen molar-refractivity contribution >= 4 is 17.4 Å². The number of aromatic nitrogens is 1. The highest BCUT2D eigenvalue weighted by Crippen LogP contribution is 2.21. The minimum Gasteiger partial charge on any atom is -0.484 e. The summed E-state index contributed by atoms with van der Waals surface area (Å²) in [5.74, 6) is 0.998. The van der Waals surface area contributed by atoms with Gasteiger partial charge in [0.1, 0.15) is 11.6 Å². The average Bonchev–Trinajstić information content (AvgIpc) is 2.92. The van der Waals surface area contributed by atoms with E-state index in [4.69, 9.17) is 4.74 Å². The molecule has 1 aliphatic carbocycles. The van der Waals surface area contributed by atoms with E-state index in [1.807, 2.05) is 43.3 Å². The lowest BCUT2D eigenvalue weighted by Crippen LogP contribution is -2.21. The van der Waals surface area contributed by atoms with Gasteiger partial charge in [-0.3, -0.25) is 4.79 Å². The van der Waals surface area contributed by atoms with Crippen LogP contribution in [0.5, 0.6) is 5.75 Å². The minimum atomic E-state index is -0.220. The van der Waals surface area contributed by atoms with Gasteiger partial charge < -0.3 is 15.4 Å². The van der Waals surface area contributed by atoms with Crippen LogP contribution in [-0.4, -0.2) is 23.5 Å². The van der Waals surface area contributed by atoms with Crippen LogP contribution in [0.2, 0.25) is 0 Å². The van der Waals surface area contributed by atoms with Crippen molar-refractivity contribution in [1.29, 1.82) is 0 Å². The summed E-state index contributed by atoms with van der Waals surface area (Å²) in [5, 5.41) is 6.31. The third-order valence-corrected chi connectivity index (χ3v) is 4.65. The topological polar surface area (TPSA) is 63.2 Å². The first-order valence-electron chi connectivity index (χ1n) is 9.41. The Bertz CT molecular complexity index is 690. The number of carbonyl (C=O) groups is 1. The number of carbonyl (C=O) groups excluding carboxylic acids is 1. The van der Waals surface area contributed by atoms with Gasteiger partial charge in [-0.2, -0.15) is 0 Å². The third-order valence-electron chi connectivity index (χ3n) is 4.65. The van der Waals surface area contributed by atoms with E-state index in [2.05, 4.69) is 15.6 Å². The van der Waals surface area contributed by atoms with Crippen molar-refractivity contribution < 1.29 is 9.53 Å². The SMILES string of the molecule is Cc1ccc(OCC(=O)Nc2ccc(NC3CCCCCC3)cn2)cc1.